The van der Waals surface area contributed by atoms with Gasteiger partial charge in [-0.05, 0) is 30.5 Å². The number of halogens is 1. The summed E-state index contributed by atoms with van der Waals surface area (Å²) in [6, 6.07) is 8.91. The average Bonchev–Trinajstić information content (AvgIpc) is 2.61. The molecule has 1 saturated carbocycles. The third kappa shape index (κ3) is 3.67. The van der Waals surface area contributed by atoms with Crippen LogP contribution in [0.2, 0.25) is 5.02 Å². The van der Waals surface area contributed by atoms with Crippen molar-refractivity contribution in [3.8, 4) is 11.1 Å². The van der Waals surface area contributed by atoms with E-state index in [1.54, 1.807) is 36.7 Å². The molecule has 0 bridgehead atoms. The Morgan fingerprint density at radius 3 is 2.52 bits per heavy atom. The zero-order valence-corrected chi connectivity index (χ0v) is 13.6. The van der Waals surface area contributed by atoms with E-state index in [1.807, 2.05) is 6.07 Å². The molecule has 3 rings (SSSR count). The van der Waals surface area contributed by atoms with E-state index < -0.39 is 0 Å². The highest BCUT2D eigenvalue weighted by Gasteiger charge is 2.27. The first-order valence-corrected chi connectivity index (χ1v) is 8.32. The summed E-state index contributed by atoms with van der Waals surface area (Å²) in [5.41, 5.74) is 2.11. The molecule has 1 aliphatic rings. The lowest BCUT2D eigenvalue weighted by atomic mass is 9.83. The molecule has 2 aromatic rings. The third-order valence-corrected chi connectivity index (χ3v) is 4.57. The van der Waals surface area contributed by atoms with Gasteiger partial charge < -0.3 is 0 Å². The zero-order valence-electron chi connectivity index (χ0n) is 12.8. The Hall–Kier alpha value is -2.00. The predicted molar refractivity (Wildman–Crippen MR) is 90.6 cm³/mol. The van der Waals surface area contributed by atoms with Crippen LogP contribution in [0, 0.1) is 5.92 Å². The van der Waals surface area contributed by atoms with Crippen LogP contribution in [0.5, 0.6) is 0 Å². The molecule has 0 radical (unpaired) electrons. The van der Waals surface area contributed by atoms with Crippen LogP contribution in [-0.4, -0.2) is 16.6 Å². The number of rotatable bonds is 4. The van der Waals surface area contributed by atoms with Gasteiger partial charge in [0.25, 0.3) is 0 Å². The number of nitrogens with zero attached hydrogens (tertiary/aromatic N) is 1. The minimum absolute atomic E-state index is 0.104. The van der Waals surface area contributed by atoms with Gasteiger partial charge in [-0.3, -0.25) is 14.6 Å². The minimum Gasteiger partial charge on any atom is -0.290 e. The standard InChI is InChI=1S/C19H18ClNO2/c20-17-10-16(11-21-12-17)14-7-4-8-15(9-14)19(23)18(22)13-5-2-1-3-6-13/h4,7-13H,1-3,5-6H2. The van der Waals surface area contributed by atoms with Crippen LogP contribution in [-0.2, 0) is 4.79 Å². The van der Waals surface area contributed by atoms with Crippen molar-refractivity contribution in [1.29, 1.82) is 0 Å². The van der Waals surface area contributed by atoms with Gasteiger partial charge in [0.1, 0.15) is 0 Å². The van der Waals surface area contributed by atoms with Gasteiger partial charge >= 0.3 is 0 Å². The van der Waals surface area contributed by atoms with E-state index in [4.69, 9.17) is 11.6 Å². The first-order chi connectivity index (χ1) is 11.1. The summed E-state index contributed by atoms with van der Waals surface area (Å²) < 4.78 is 0. The maximum absolute atomic E-state index is 12.5. The zero-order chi connectivity index (χ0) is 16.2. The number of aromatic nitrogens is 1. The van der Waals surface area contributed by atoms with Crippen LogP contribution in [0.25, 0.3) is 11.1 Å². The molecular weight excluding hydrogens is 310 g/mol. The molecular formula is C19H18ClNO2. The Bertz CT molecular complexity index is 736. The summed E-state index contributed by atoms with van der Waals surface area (Å²) >= 11 is 5.97. The van der Waals surface area contributed by atoms with E-state index in [9.17, 15) is 9.59 Å². The van der Waals surface area contributed by atoms with E-state index in [2.05, 4.69) is 4.98 Å². The normalized spacial score (nSPS) is 15.3. The summed E-state index contributed by atoms with van der Waals surface area (Å²) in [5, 5.41) is 0.539. The van der Waals surface area contributed by atoms with E-state index in [-0.39, 0.29) is 17.5 Å². The van der Waals surface area contributed by atoms with Crippen molar-refractivity contribution < 1.29 is 9.59 Å². The molecule has 4 heteroatoms. The Morgan fingerprint density at radius 2 is 1.78 bits per heavy atom. The van der Waals surface area contributed by atoms with Gasteiger partial charge in [0.2, 0.25) is 11.6 Å². The van der Waals surface area contributed by atoms with Crippen LogP contribution in [0.15, 0.2) is 42.7 Å². The van der Waals surface area contributed by atoms with Gasteiger partial charge in [-0.15, -0.1) is 0 Å². The summed E-state index contributed by atoms with van der Waals surface area (Å²) in [6.45, 7) is 0. The number of ketones is 2. The lowest BCUT2D eigenvalue weighted by Crippen LogP contribution is -2.25. The van der Waals surface area contributed by atoms with Gasteiger partial charge in [-0.1, -0.05) is 49.1 Å². The molecule has 0 unspecified atom stereocenters. The number of hydrogen-bond donors (Lipinski definition) is 0. The molecule has 0 saturated heterocycles. The monoisotopic (exact) mass is 327 g/mol. The summed E-state index contributed by atoms with van der Waals surface area (Å²) in [5.74, 6) is -0.729. The number of pyridine rings is 1. The number of Topliss-reactive ketones (excluding diaryl/α,β-unsaturated/α-hetero) is 2. The molecule has 0 N–H and O–H groups in total. The second kappa shape index (κ2) is 7.05. The molecule has 0 amide bonds. The molecule has 118 valence electrons. The van der Waals surface area contributed by atoms with E-state index >= 15 is 0 Å². The lowest BCUT2D eigenvalue weighted by molar-refractivity contribution is -0.119. The van der Waals surface area contributed by atoms with Crippen molar-refractivity contribution >= 4 is 23.2 Å². The van der Waals surface area contributed by atoms with E-state index in [0.29, 0.717) is 10.6 Å². The first kappa shape index (κ1) is 15.9. The molecule has 1 aromatic carbocycles. The van der Waals surface area contributed by atoms with Gasteiger partial charge in [0.15, 0.2) is 0 Å². The Kier molecular flexibility index (Phi) is 4.87. The highest BCUT2D eigenvalue weighted by molar-refractivity contribution is 6.44. The number of hydrogen-bond acceptors (Lipinski definition) is 3. The first-order valence-electron chi connectivity index (χ1n) is 7.94. The number of carbonyl (C=O) groups excluding carboxylic acids is 2. The molecule has 1 aliphatic carbocycles. The van der Waals surface area contributed by atoms with Gasteiger partial charge in [-0.25, -0.2) is 0 Å². The highest BCUT2D eigenvalue weighted by atomic mass is 35.5. The van der Waals surface area contributed by atoms with Crippen molar-refractivity contribution in [2.45, 2.75) is 32.1 Å². The van der Waals surface area contributed by atoms with Crippen LogP contribution in [0.3, 0.4) is 0 Å². The molecule has 1 heterocycles. The Balaban J connectivity index is 1.84. The molecule has 23 heavy (non-hydrogen) atoms. The fourth-order valence-corrected chi connectivity index (χ4v) is 3.28. The second-order valence-electron chi connectivity index (χ2n) is 6.00. The van der Waals surface area contributed by atoms with Gasteiger partial charge in [0.05, 0.1) is 5.02 Å². The highest BCUT2D eigenvalue weighted by Crippen LogP contribution is 2.27. The molecule has 3 nitrogen and oxygen atoms in total. The van der Waals surface area contributed by atoms with E-state index in [0.717, 1.165) is 43.2 Å². The molecule has 0 aliphatic heterocycles. The predicted octanol–water partition coefficient (Wildman–Crippen LogP) is 4.73. The van der Waals surface area contributed by atoms with Gasteiger partial charge in [0, 0.05) is 29.4 Å². The van der Waals surface area contributed by atoms with Crippen LogP contribution in [0.4, 0.5) is 0 Å². The van der Waals surface area contributed by atoms with Crippen LogP contribution in [0.1, 0.15) is 42.5 Å². The average molecular weight is 328 g/mol. The number of carbonyl (C=O) groups is 2. The quantitative estimate of drug-likeness (QED) is 0.602. The van der Waals surface area contributed by atoms with Crippen molar-refractivity contribution in [2.24, 2.45) is 5.92 Å². The molecule has 0 spiro atoms. The SMILES string of the molecule is O=C(C(=O)C1CCCCC1)c1cccc(-c2cncc(Cl)c2)c1. The van der Waals surface area contributed by atoms with Crippen molar-refractivity contribution in [3.05, 3.63) is 53.3 Å². The van der Waals surface area contributed by atoms with Crippen molar-refractivity contribution in [2.75, 3.05) is 0 Å². The smallest absolute Gasteiger partial charge is 0.228 e. The fourth-order valence-electron chi connectivity index (χ4n) is 3.10. The maximum atomic E-state index is 12.5. The minimum atomic E-state index is -0.381. The lowest BCUT2D eigenvalue weighted by Gasteiger charge is -2.19. The fraction of sp³-hybridized carbons (Fsp3) is 0.316. The van der Waals surface area contributed by atoms with Gasteiger partial charge in [-0.2, -0.15) is 0 Å². The number of benzene rings is 1. The Morgan fingerprint density at radius 1 is 1.00 bits per heavy atom. The van der Waals surface area contributed by atoms with Crippen LogP contribution < -0.4 is 0 Å². The third-order valence-electron chi connectivity index (χ3n) is 4.36. The molecule has 0 atom stereocenters. The summed E-state index contributed by atoms with van der Waals surface area (Å²) in [6.07, 6.45) is 8.17. The largest absolute Gasteiger partial charge is 0.290 e. The summed E-state index contributed by atoms with van der Waals surface area (Å²) in [7, 11) is 0. The van der Waals surface area contributed by atoms with Crippen LogP contribution >= 0.6 is 11.6 Å². The summed E-state index contributed by atoms with van der Waals surface area (Å²) in [4.78, 5) is 29.0. The Labute approximate surface area is 140 Å². The maximum Gasteiger partial charge on any atom is 0.228 e. The van der Waals surface area contributed by atoms with Crippen molar-refractivity contribution in [1.82, 2.24) is 4.98 Å². The molecule has 1 fully saturated rings. The second-order valence-corrected chi connectivity index (χ2v) is 6.44. The van der Waals surface area contributed by atoms with E-state index in [1.165, 1.54) is 0 Å². The molecule has 1 aromatic heterocycles. The van der Waals surface area contributed by atoms with Crippen molar-refractivity contribution in [3.63, 3.8) is 0 Å². The topological polar surface area (TPSA) is 47.0 Å².